The number of amides is 1. The van der Waals surface area contributed by atoms with Gasteiger partial charge in [-0.25, -0.2) is 4.98 Å². The predicted molar refractivity (Wildman–Crippen MR) is 92.5 cm³/mol. The van der Waals surface area contributed by atoms with E-state index in [1.54, 1.807) is 0 Å². The number of fused-ring (bicyclic) bond motifs is 2. The normalized spacial score (nSPS) is 29.9. The molecule has 126 valence electrons. The summed E-state index contributed by atoms with van der Waals surface area (Å²) in [5.74, 6) is 0.978. The number of hydrogen-bond donors (Lipinski definition) is 1. The molecular weight excluding hydrogens is 306 g/mol. The molecule has 3 unspecified atom stereocenters. The quantitative estimate of drug-likeness (QED) is 0.925. The van der Waals surface area contributed by atoms with Crippen molar-refractivity contribution in [1.82, 2.24) is 15.2 Å². The molecule has 1 N–H and O–H groups in total. The molecule has 2 fully saturated rings. The Morgan fingerprint density at radius 1 is 1.26 bits per heavy atom. The van der Waals surface area contributed by atoms with Crippen LogP contribution in [-0.2, 0) is 24.2 Å². The molecule has 3 atom stereocenters. The molecule has 0 radical (unpaired) electrons. The average Bonchev–Trinajstić information content (AvgIpc) is 3.16. The van der Waals surface area contributed by atoms with Crippen LogP contribution in [0.25, 0.3) is 0 Å². The van der Waals surface area contributed by atoms with Gasteiger partial charge in [0.15, 0.2) is 0 Å². The predicted octanol–water partition coefficient (Wildman–Crippen LogP) is 2.90. The highest BCUT2D eigenvalue weighted by molar-refractivity contribution is 7.11. The topological polar surface area (TPSA) is 45.2 Å². The summed E-state index contributed by atoms with van der Waals surface area (Å²) in [4.78, 5) is 20.9. The van der Waals surface area contributed by atoms with Gasteiger partial charge in [-0.2, -0.15) is 0 Å². The highest BCUT2D eigenvalue weighted by Crippen LogP contribution is 2.34. The summed E-state index contributed by atoms with van der Waals surface area (Å²) in [6.45, 7) is 0.671. The number of rotatable bonds is 3. The molecule has 1 aromatic rings. The second kappa shape index (κ2) is 6.52. The monoisotopic (exact) mass is 333 g/mol. The zero-order chi connectivity index (χ0) is 15.8. The Morgan fingerprint density at radius 3 is 2.91 bits per heavy atom. The maximum atomic E-state index is 12.8. The van der Waals surface area contributed by atoms with E-state index in [4.69, 9.17) is 4.98 Å². The molecule has 4 nitrogen and oxygen atoms in total. The molecule has 3 aliphatic rings. The Morgan fingerprint density at radius 2 is 2.09 bits per heavy atom. The average molecular weight is 334 g/mol. The van der Waals surface area contributed by atoms with E-state index in [9.17, 15) is 4.79 Å². The lowest BCUT2D eigenvalue weighted by molar-refractivity contribution is -0.132. The van der Waals surface area contributed by atoms with Crippen LogP contribution in [0.1, 0.15) is 60.5 Å². The van der Waals surface area contributed by atoms with Crippen molar-refractivity contribution in [3.8, 4) is 0 Å². The van der Waals surface area contributed by atoms with E-state index in [2.05, 4.69) is 5.32 Å². The first kappa shape index (κ1) is 15.6. The Hall–Kier alpha value is -0.940. The number of nitrogens with zero attached hydrogens (tertiary/aromatic N) is 2. The maximum Gasteiger partial charge on any atom is 0.239 e. The molecule has 23 heavy (non-hydrogen) atoms. The lowest BCUT2D eigenvalue weighted by Gasteiger charge is -2.24. The molecule has 5 heteroatoms. The van der Waals surface area contributed by atoms with Crippen LogP contribution in [-0.4, -0.2) is 34.9 Å². The van der Waals surface area contributed by atoms with Crippen molar-refractivity contribution in [1.29, 1.82) is 0 Å². The molecule has 4 rings (SSSR count). The molecule has 0 spiro atoms. The fourth-order valence-corrected chi connectivity index (χ4v) is 5.74. The smallest absolute Gasteiger partial charge is 0.239 e. The van der Waals surface area contributed by atoms with E-state index >= 15 is 0 Å². The number of nitrogens with one attached hydrogen (secondary N) is 1. The van der Waals surface area contributed by atoms with Crippen molar-refractivity contribution >= 4 is 17.2 Å². The second-order valence-electron chi connectivity index (χ2n) is 7.48. The summed E-state index contributed by atoms with van der Waals surface area (Å²) < 4.78 is 0. The Labute approximate surface area is 142 Å². The maximum absolute atomic E-state index is 12.8. The van der Waals surface area contributed by atoms with E-state index in [-0.39, 0.29) is 11.9 Å². The Bertz CT molecular complexity index is 547. The van der Waals surface area contributed by atoms with Crippen molar-refractivity contribution in [2.75, 3.05) is 7.05 Å². The van der Waals surface area contributed by atoms with Crippen LogP contribution in [0.2, 0.25) is 0 Å². The van der Waals surface area contributed by atoms with Crippen LogP contribution in [0.4, 0.5) is 0 Å². The summed E-state index contributed by atoms with van der Waals surface area (Å²) in [5, 5.41) is 4.71. The van der Waals surface area contributed by atoms with Gasteiger partial charge in [-0.15, -0.1) is 11.3 Å². The molecule has 1 saturated carbocycles. The minimum absolute atomic E-state index is 0.0303. The first-order chi connectivity index (χ1) is 11.2. The molecular formula is C18H27N3OS. The lowest BCUT2D eigenvalue weighted by atomic mass is 9.85. The zero-order valence-corrected chi connectivity index (χ0v) is 14.8. The van der Waals surface area contributed by atoms with Crippen molar-refractivity contribution in [3.05, 3.63) is 15.6 Å². The number of aromatic nitrogens is 1. The molecule has 1 aliphatic heterocycles. The van der Waals surface area contributed by atoms with E-state index in [1.165, 1.54) is 55.5 Å². The number of aryl methyl sites for hydroxylation is 2. The van der Waals surface area contributed by atoms with Crippen molar-refractivity contribution in [2.45, 2.75) is 76.4 Å². The highest BCUT2D eigenvalue weighted by Gasteiger charge is 2.39. The van der Waals surface area contributed by atoms with E-state index in [0.29, 0.717) is 12.6 Å². The summed E-state index contributed by atoms with van der Waals surface area (Å²) in [6.07, 6.45) is 11.1. The van der Waals surface area contributed by atoms with Crippen molar-refractivity contribution in [2.24, 2.45) is 5.92 Å². The minimum Gasteiger partial charge on any atom is -0.338 e. The third-order valence-corrected chi connectivity index (χ3v) is 6.94. The molecule has 2 heterocycles. The molecule has 1 saturated heterocycles. The molecule has 0 bridgehead atoms. The van der Waals surface area contributed by atoms with Gasteiger partial charge in [0.2, 0.25) is 5.91 Å². The van der Waals surface area contributed by atoms with Gasteiger partial charge in [0, 0.05) is 18.0 Å². The van der Waals surface area contributed by atoms with Crippen LogP contribution in [0.5, 0.6) is 0 Å². The van der Waals surface area contributed by atoms with Gasteiger partial charge in [-0.1, -0.05) is 12.8 Å². The summed E-state index contributed by atoms with van der Waals surface area (Å²) >= 11 is 1.82. The fourth-order valence-electron chi connectivity index (χ4n) is 4.53. The molecule has 1 amide bonds. The van der Waals surface area contributed by atoms with Crippen LogP contribution >= 0.6 is 11.3 Å². The van der Waals surface area contributed by atoms with Gasteiger partial charge in [-0.05, 0) is 50.9 Å². The third-order valence-electron chi connectivity index (χ3n) is 5.80. The molecule has 2 aliphatic carbocycles. The first-order valence-corrected chi connectivity index (χ1v) is 10.0. The van der Waals surface area contributed by atoms with Gasteiger partial charge in [0.05, 0.1) is 18.3 Å². The number of carbonyl (C=O) groups is 1. The van der Waals surface area contributed by atoms with Gasteiger partial charge < -0.3 is 10.2 Å². The second-order valence-corrected chi connectivity index (χ2v) is 8.65. The standard InChI is InChI=1S/C18H27N3OS/c1-21(11-17-20-14-8-4-5-9-16(14)23-17)18(22)15-10-12-6-2-3-7-13(12)19-15/h12-13,15,19H,2-11H2,1H3. The Kier molecular flexibility index (Phi) is 4.41. The summed E-state index contributed by atoms with van der Waals surface area (Å²) in [5.41, 5.74) is 1.29. The van der Waals surface area contributed by atoms with E-state index < -0.39 is 0 Å². The van der Waals surface area contributed by atoms with Crippen LogP contribution < -0.4 is 5.32 Å². The molecule has 0 aromatic carbocycles. The van der Waals surface area contributed by atoms with Crippen LogP contribution in [0.3, 0.4) is 0 Å². The number of likely N-dealkylation sites (N-methyl/N-ethyl adjacent to an activating group) is 1. The zero-order valence-electron chi connectivity index (χ0n) is 14.0. The van der Waals surface area contributed by atoms with Crippen LogP contribution in [0.15, 0.2) is 0 Å². The van der Waals surface area contributed by atoms with Gasteiger partial charge >= 0.3 is 0 Å². The highest BCUT2D eigenvalue weighted by atomic mass is 32.1. The first-order valence-electron chi connectivity index (χ1n) is 9.19. The van der Waals surface area contributed by atoms with Crippen molar-refractivity contribution in [3.63, 3.8) is 0 Å². The number of carbonyl (C=O) groups excluding carboxylic acids is 1. The van der Waals surface area contributed by atoms with Crippen molar-refractivity contribution < 1.29 is 4.79 Å². The minimum atomic E-state index is 0.0303. The third kappa shape index (κ3) is 3.18. The van der Waals surface area contributed by atoms with Gasteiger partial charge in [0.25, 0.3) is 0 Å². The number of hydrogen-bond acceptors (Lipinski definition) is 4. The summed E-state index contributed by atoms with van der Waals surface area (Å²) in [6, 6.07) is 0.612. The summed E-state index contributed by atoms with van der Waals surface area (Å²) in [7, 11) is 1.94. The lowest BCUT2D eigenvalue weighted by Crippen LogP contribution is -2.43. The Balaban J connectivity index is 1.38. The largest absolute Gasteiger partial charge is 0.338 e. The van der Waals surface area contributed by atoms with E-state index in [1.807, 2.05) is 23.3 Å². The fraction of sp³-hybridized carbons (Fsp3) is 0.778. The number of thiazole rings is 1. The SMILES string of the molecule is CN(Cc1nc2c(s1)CCCC2)C(=O)C1CC2CCCCC2N1. The van der Waals surface area contributed by atoms with Gasteiger partial charge in [-0.3, -0.25) is 4.79 Å². The van der Waals surface area contributed by atoms with E-state index in [0.717, 1.165) is 23.8 Å². The molecule has 1 aromatic heterocycles. The van der Waals surface area contributed by atoms with Crippen LogP contribution in [0, 0.1) is 5.92 Å². The van der Waals surface area contributed by atoms with Gasteiger partial charge in [0.1, 0.15) is 5.01 Å².